The van der Waals surface area contributed by atoms with E-state index in [-0.39, 0.29) is 24.8 Å². The lowest BCUT2D eigenvalue weighted by atomic mass is 10.2. The molecule has 1 aromatic rings. The van der Waals surface area contributed by atoms with Crippen molar-refractivity contribution >= 4 is 35.2 Å². The predicted octanol–water partition coefficient (Wildman–Crippen LogP) is 1.44. The van der Waals surface area contributed by atoms with Crippen LogP contribution in [0.15, 0.2) is 24.3 Å². The molecule has 4 N–H and O–H groups in total. The fourth-order valence-electron chi connectivity index (χ4n) is 2.21. The van der Waals surface area contributed by atoms with Gasteiger partial charge >= 0.3 is 12.0 Å². The van der Waals surface area contributed by atoms with Crippen LogP contribution in [0.25, 0.3) is 0 Å². The SMILES string of the molecule is CC(=O)NC[C@@H]1C[C@@]1(NC(=O)Nc1ccc(Cl)cc1)C(=O)O. The second kappa shape index (κ2) is 6.23. The molecule has 1 saturated carbocycles. The maximum atomic E-state index is 11.9. The number of hydrogen-bond acceptors (Lipinski definition) is 3. The number of carboxylic acid groups (broad SMARTS) is 1. The standard InChI is InChI=1S/C14H16ClN3O4/c1-8(19)16-7-9-6-14(9,12(20)21)18-13(22)17-11-4-2-10(15)3-5-11/h2-5,9H,6-7H2,1H3,(H,16,19)(H,20,21)(H2,17,18,22)/t9-,14-/m0/s1. The Labute approximate surface area is 132 Å². The van der Waals surface area contributed by atoms with Crippen LogP contribution in [-0.4, -0.2) is 35.1 Å². The van der Waals surface area contributed by atoms with E-state index < -0.39 is 17.5 Å². The highest BCUT2D eigenvalue weighted by Crippen LogP contribution is 2.43. The number of benzene rings is 1. The summed E-state index contributed by atoms with van der Waals surface area (Å²) in [5, 5.41) is 17.4. The molecule has 1 aliphatic rings. The first-order valence-corrected chi connectivity index (χ1v) is 7.04. The third kappa shape index (κ3) is 3.67. The average Bonchev–Trinajstić information content (AvgIpc) is 3.13. The molecular formula is C14H16ClN3O4. The smallest absolute Gasteiger partial charge is 0.329 e. The molecule has 1 fully saturated rings. The Balaban J connectivity index is 1.94. The molecule has 0 aromatic heterocycles. The first-order chi connectivity index (χ1) is 10.3. The Kier molecular flexibility index (Phi) is 4.56. The molecule has 118 valence electrons. The van der Waals surface area contributed by atoms with E-state index in [4.69, 9.17) is 11.6 Å². The Hall–Kier alpha value is -2.28. The van der Waals surface area contributed by atoms with Gasteiger partial charge in [0.15, 0.2) is 0 Å². The third-order valence-corrected chi connectivity index (χ3v) is 3.77. The van der Waals surface area contributed by atoms with Gasteiger partial charge in [0.05, 0.1) is 0 Å². The summed E-state index contributed by atoms with van der Waals surface area (Å²) in [5.41, 5.74) is -0.833. The van der Waals surface area contributed by atoms with Gasteiger partial charge < -0.3 is 21.1 Å². The van der Waals surface area contributed by atoms with Crippen LogP contribution >= 0.6 is 11.6 Å². The Bertz CT molecular complexity index is 605. The number of halogens is 1. The van der Waals surface area contributed by atoms with E-state index in [1.54, 1.807) is 24.3 Å². The molecule has 0 bridgehead atoms. The van der Waals surface area contributed by atoms with Crippen molar-refractivity contribution in [1.82, 2.24) is 10.6 Å². The summed E-state index contributed by atoms with van der Waals surface area (Å²) in [5.74, 6) is -1.68. The number of urea groups is 1. The van der Waals surface area contributed by atoms with Crippen molar-refractivity contribution in [2.45, 2.75) is 18.9 Å². The van der Waals surface area contributed by atoms with Gasteiger partial charge in [-0.05, 0) is 30.7 Å². The monoisotopic (exact) mass is 325 g/mol. The van der Waals surface area contributed by atoms with Crippen molar-refractivity contribution in [2.24, 2.45) is 5.92 Å². The fourth-order valence-corrected chi connectivity index (χ4v) is 2.34. The zero-order valence-electron chi connectivity index (χ0n) is 11.9. The summed E-state index contributed by atoms with van der Waals surface area (Å²) in [6.45, 7) is 1.56. The summed E-state index contributed by atoms with van der Waals surface area (Å²) in [6, 6.07) is 5.82. The Morgan fingerprint density at radius 3 is 2.50 bits per heavy atom. The molecule has 0 saturated heterocycles. The number of rotatable bonds is 5. The van der Waals surface area contributed by atoms with Crippen molar-refractivity contribution in [3.05, 3.63) is 29.3 Å². The molecule has 0 spiro atoms. The summed E-state index contributed by atoms with van der Waals surface area (Å²) in [7, 11) is 0. The molecule has 0 radical (unpaired) electrons. The quantitative estimate of drug-likeness (QED) is 0.657. The van der Waals surface area contributed by atoms with Crippen LogP contribution in [-0.2, 0) is 9.59 Å². The fraction of sp³-hybridized carbons (Fsp3) is 0.357. The maximum absolute atomic E-state index is 11.9. The highest BCUT2D eigenvalue weighted by molar-refractivity contribution is 6.30. The van der Waals surface area contributed by atoms with Crippen LogP contribution in [0, 0.1) is 5.92 Å². The minimum atomic E-state index is -1.33. The van der Waals surface area contributed by atoms with E-state index in [0.29, 0.717) is 10.7 Å². The van der Waals surface area contributed by atoms with Crippen molar-refractivity contribution in [2.75, 3.05) is 11.9 Å². The van der Waals surface area contributed by atoms with E-state index in [1.165, 1.54) is 6.92 Å². The predicted molar refractivity (Wildman–Crippen MR) is 80.8 cm³/mol. The average molecular weight is 326 g/mol. The lowest BCUT2D eigenvalue weighted by Crippen LogP contribution is -2.48. The zero-order chi connectivity index (χ0) is 16.3. The number of anilines is 1. The van der Waals surface area contributed by atoms with Gasteiger partial charge in [-0.15, -0.1) is 0 Å². The van der Waals surface area contributed by atoms with E-state index in [0.717, 1.165) is 0 Å². The highest BCUT2D eigenvalue weighted by Gasteiger charge is 2.61. The summed E-state index contributed by atoms with van der Waals surface area (Å²) in [4.78, 5) is 34.2. The third-order valence-electron chi connectivity index (χ3n) is 3.52. The van der Waals surface area contributed by atoms with Crippen molar-refractivity contribution in [3.8, 4) is 0 Å². The number of hydrogen-bond donors (Lipinski definition) is 4. The Morgan fingerprint density at radius 2 is 1.95 bits per heavy atom. The molecular weight excluding hydrogens is 310 g/mol. The summed E-state index contributed by atoms with van der Waals surface area (Å²) < 4.78 is 0. The van der Waals surface area contributed by atoms with Crippen LogP contribution in [0.5, 0.6) is 0 Å². The first-order valence-electron chi connectivity index (χ1n) is 6.66. The summed E-state index contributed by atoms with van der Waals surface area (Å²) in [6.07, 6.45) is 0.274. The highest BCUT2D eigenvalue weighted by atomic mass is 35.5. The van der Waals surface area contributed by atoms with Crippen LogP contribution in [0.3, 0.4) is 0 Å². The second-order valence-corrected chi connectivity index (χ2v) is 5.64. The van der Waals surface area contributed by atoms with Gasteiger partial charge in [0.25, 0.3) is 0 Å². The van der Waals surface area contributed by atoms with Gasteiger partial charge in [0.2, 0.25) is 5.91 Å². The van der Waals surface area contributed by atoms with Gasteiger partial charge in [-0.2, -0.15) is 0 Å². The van der Waals surface area contributed by atoms with Crippen molar-refractivity contribution in [3.63, 3.8) is 0 Å². The molecule has 8 heteroatoms. The number of nitrogens with one attached hydrogen (secondary N) is 3. The lowest BCUT2D eigenvalue weighted by Gasteiger charge is -2.16. The van der Waals surface area contributed by atoms with Gasteiger partial charge in [0.1, 0.15) is 5.54 Å². The molecule has 0 aliphatic heterocycles. The molecule has 1 aromatic carbocycles. The second-order valence-electron chi connectivity index (χ2n) is 5.20. The largest absolute Gasteiger partial charge is 0.479 e. The van der Waals surface area contributed by atoms with E-state index >= 15 is 0 Å². The minimum absolute atomic E-state index is 0.211. The number of amides is 3. The van der Waals surface area contributed by atoms with Crippen LogP contribution < -0.4 is 16.0 Å². The Morgan fingerprint density at radius 1 is 1.32 bits per heavy atom. The summed E-state index contributed by atoms with van der Waals surface area (Å²) >= 11 is 5.75. The van der Waals surface area contributed by atoms with E-state index in [1.807, 2.05) is 0 Å². The first kappa shape index (κ1) is 16.1. The molecule has 0 unspecified atom stereocenters. The van der Waals surface area contributed by atoms with Crippen LogP contribution in [0.4, 0.5) is 10.5 Å². The van der Waals surface area contributed by atoms with Gasteiger partial charge in [-0.1, -0.05) is 11.6 Å². The number of carbonyl (C=O) groups is 3. The van der Waals surface area contributed by atoms with Gasteiger partial charge in [-0.25, -0.2) is 9.59 Å². The molecule has 2 atom stereocenters. The van der Waals surface area contributed by atoms with E-state index in [2.05, 4.69) is 16.0 Å². The van der Waals surface area contributed by atoms with Crippen molar-refractivity contribution < 1.29 is 19.5 Å². The van der Waals surface area contributed by atoms with E-state index in [9.17, 15) is 19.5 Å². The number of aliphatic carboxylic acids is 1. The molecule has 1 aliphatic carbocycles. The molecule has 3 amide bonds. The zero-order valence-corrected chi connectivity index (χ0v) is 12.6. The lowest BCUT2D eigenvalue weighted by molar-refractivity contribution is -0.141. The molecule has 0 heterocycles. The minimum Gasteiger partial charge on any atom is -0.479 e. The number of carboxylic acids is 1. The maximum Gasteiger partial charge on any atom is 0.329 e. The van der Waals surface area contributed by atoms with Crippen molar-refractivity contribution in [1.29, 1.82) is 0 Å². The molecule has 2 rings (SSSR count). The van der Waals surface area contributed by atoms with Crippen LogP contribution in [0.1, 0.15) is 13.3 Å². The number of carbonyl (C=O) groups excluding carboxylic acids is 2. The topological polar surface area (TPSA) is 108 Å². The van der Waals surface area contributed by atoms with Crippen LogP contribution in [0.2, 0.25) is 5.02 Å². The molecule has 22 heavy (non-hydrogen) atoms. The molecule has 7 nitrogen and oxygen atoms in total. The van der Waals surface area contributed by atoms with Gasteiger partial charge in [0, 0.05) is 30.1 Å². The normalized spacial score (nSPS) is 22.5. The van der Waals surface area contributed by atoms with Gasteiger partial charge in [-0.3, -0.25) is 4.79 Å².